The van der Waals surface area contributed by atoms with Crippen LogP contribution >= 0.6 is 0 Å². The van der Waals surface area contributed by atoms with Crippen LogP contribution in [0.1, 0.15) is 37.3 Å². The van der Waals surface area contributed by atoms with E-state index in [2.05, 4.69) is 17.6 Å². The fourth-order valence-electron chi connectivity index (χ4n) is 2.87. The highest BCUT2D eigenvalue weighted by molar-refractivity contribution is 5.78. The largest absolute Gasteiger partial charge is 0.494 e. The number of carbonyl (C=O) groups is 2. The predicted octanol–water partition coefficient (Wildman–Crippen LogP) is 3.76. The van der Waals surface area contributed by atoms with E-state index in [9.17, 15) is 9.59 Å². The van der Waals surface area contributed by atoms with Gasteiger partial charge >= 0.3 is 6.03 Å². The van der Waals surface area contributed by atoms with Gasteiger partial charge in [-0.15, -0.1) is 0 Å². The molecule has 0 spiro atoms. The molecule has 0 aliphatic rings. The fraction of sp³-hybridized carbons (Fsp3) is 0.417. The molecule has 0 saturated carbocycles. The molecule has 6 nitrogen and oxygen atoms in total. The van der Waals surface area contributed by atoms with Gasteiger partial charge in [0.05, 0.1) is 6.61 Å². The molecule has 0 saturated heterocycles. The van der Waals surface area contributed by atoms with E-state index in [0.29, 0.717) is 19.6 Å². The zero-order valence-corrected chi connectivity index (χ0v) is 18.0. The summed E-state index contributed by atoms with van der Waals surface area (Å²) in [6.07, 6.45) is 3.19. The first-order valence-corrected chi connectivity index (χ1v) is 10.6. The molecular formula is C24H33N3O3. The second kappa shape index (κ2) is 13.2. The molecule has 0 radical (unpaired) electrons. The third-order valence-electron chi connectivity index (χ3n) is 4.66. The monoisotopic (exact) mass is 411 g/mol. The number of nitrogens with zero attached hydrogens (tertiary/aromatic N) is 1. The number of unbranched alkanes of at least 4 members (excludes halogenated alkanes) is 1. The molecule has 6 heteroatoms. The maximum absolute atomic E-state index is 12.1. The molecule has 162 valence electrons. The smallest absolute Gasteiger partial charge is 0.317 e. The van der Waals surface area contributed by atoms with E-state index < -0.39 is 0 Å². The Morgan fingerprint density at radius 2 is 1.67 bits per heavy atom. The van der Waals surface area contributed by atoms with Crippen molar-refractivity contribution in [3.8, 4) is 5.75 Å². The minimum absolute atomic E-state index is 0.0690. The summed E-state index contributed by atoms with van der Waals surface area (Å²) in [7, 11) is 1.74. The number of hydrogen-bond donors (Lipinski definition) is 2. The highest BCUT2D eigenvalue weighted by atomic mass is 16.5. The van der Waals surface area contributed by atoms with Gasteiger partial charge in [0.15, 0.2) is 0 Å². The Morgan fingerprint density at radius 1 is 0.933 bits per heavy atom. The Labute approximate surface area is 179 Å². The standard InChI is InChI=1S/C24H33N3O3/c1-3-4-18-30-22-12-10-20(11-13-22)14-16-25-23(28)15-17-26-24(29)27(2)19-21-8-6-5-7-9-21/h5-13H,3-4,14-19H2,1-2H3,(H,25,28)(H,26,29). The van der Waals surface area contributed by atoms with Gasteiger partial charge in [0.2, 0.25) is 5.91 Å². The minimum Gasteiger partial charge on any atom is -0.494 e. The van der Waals surface area contributed by atoms with E-state index in [1.54, 1.807) is 11.9 Å². The first-order valence-electron chi connectivity index (χ1n) is 10.6. The Bertz CT molecular complexity index is 763. The van der Waals surface area contributed by atoms with Gasteiger partial charge < -0.3 is 20.3 Å². The lowest BCUT2D eigenvalue weighted by Gasteiger charge is -2.18. The van der Waals surface area contributed by atoms with E-state index >= 15 is 0 Å². The third-order valence-corrected chi connectivity index (χ3v) is 4.66. The van der Waals surface area contributed by atoms with Gasteiger partial charge in [-0.1, -0.05) is 55.8 Å². The summed E-state index contributed by atoms with van der Waals surface area (Å²) in [6, 6.07) is 17.6. The molecule has 30 heavy (non-hydrogen) atoms. The van der Waals surface area contributed by atoms with Crippen molar-refractivity contribution in [3.05, 3.63) is 65.7 Å². The maximum atomic E-state index is 12.1. The molecule has 0 atom stereocenters. The van der Waals surface area contributed by atoms with Crippen LogP contribution in [0.25, 0.3) is 0 Å². The summed E-state index contributed by atoms with van der Waals surface area (Å²) < 4.78 is 5.65. The van der Waals surface area contributed by atoms with Crippen LogP contribution in [-0.4, -0.2) is 43.6 Å². The first kappa shape index (κ1) is 23.3. The second-order valence-corrected chi connectivity index (χ2v) is 7.27. The fourth-order valence-corrected chi connectivity index (χ4v) is 2.87. The molecule has 2 rings (SSSR count). The molecular weight excluding hydrogens is 378 g/mol. The predicted molar refractivity (Wildman–Crippen MR) is 119 cm³/mol. The second-order valence-electron chi connectivity index (χ2n) is 7.27. The van der Waals surface area contributed by atoms with Crippen LogP contribution in [0, 0.1) is 0 Å². The molecule has 0 aliphatic carbocycles. The highest BCUT2D eigenvalue weighted by Gasteiger charge is 2.09. The van der Waals surface area contributed by atoms with E-state index in [0.717, 1.165) is 42.7 Å². The molecule has 2 aromatic rings. The van der Waals surface area contributed by atoms with Crippen molar-refractivity contribution in [2.24, 2.45) is 0 Å². The lowest BCUT2D eigenvalue weighted by Crippen LogP contribution is -2.39. The van der Waals surface area contributed by atoms with Gasteiger partial charge in [0.25, 0.3) is 0 Å². The van der Waals surface area contributed by atoms with Crippen LogP contribution in [0.2, 0.25) is 0 Å². The number of hydrogen-bond acceptors (Lipinski definition) is 3. The molecule has 0 bridgehead atoms. The molecule has 0 aliphatic heterocycles. The summed E-state index contributed by atoms with van der Waals surface area (Å²) in [4.78, 5) is 25.7. The first-order chi connectivity index (χ1) is 14.6. The number of benzene rings is 2. The Hall–Kier alpha value is -3.02. The summed E-state index contributed by atoms with van der Waals surface area (Å²) in [5.74, 6) is 0.810. The SMILES string of the molecule is CCCCOc1ccc(CCNC(=O)CCNC(=O)N(C)Cc2ccccc2)cc1. The highest BCUT2D eigenvalue weighted by Crippen LogP contribution is 2.13. The molecule has 0 unspecified atom stereocenters. The molecule has 0 heterocycles. The van der Waals surface area contributed by atoms with E-state index in [4.69, 9.17) is 4.74 Å². The van der Waals surface area contributed by atoms with E-state index in [1.165, 1.54) is 0 Å². The summed E-state index contributed by atoms with van der Waals surface area (Å²) >= 11 is 0. The van der Waals surface area contributed by atoms with Gasteiger partial charge in [0.1, 0.15) is 5.75 Å². The van der Waals surface area contributed by atoms with E-state index in [1.807, 2.05) is 54.6 Å². The van der Waals surface area contributed by atoms with Crippen LogP contribution < -0.4 is 15.4 Å². The third kappa shape index (κ3) is 8.99. The van der Waals surface area contributed by atoms with Gasteiger partial charge in [-0.25, -0.2) is 4.79 Å². The summed E-state index contributed by atoms with van der Waals surface area (Å²) in [6.45, 7) is 4.29. The zero-order valence-electron chi connectivity index (χ0n) is 18.0. The maximum Gasteiger partial charge on any atom is 0.317 e. The average molecular weight is 412 g/mol. The number of rotatable bonds is 12. The molecule has 0 aromatic heterocycles. The van der Waals surface area contributed by atoms with Gasteiger partial charge in [-0.05, 0) is 36.1 Å². The summed E-state index contributed by atoms with van der Waals surface area (Å²) in [5.41, 5.74) is 2.21. The number of urea groups is 1. The molecule has 2 aromatic carbocycles. The summed E-state index contributed by atoms with van der Waals surface area (Å²) in [5, 5.41) is 5.68. The van der Waals surface area contributed by atoms with Crippen LogP contribution in [0.3, 0.4) is 0 Å². The van der Waals surface area contributed by atoms with Crippen molar-refractivity contribution >= 4 is 11.9 Å². The van der Waals surface area contributed by atoms with Crippen molar-refractivity contribution in [3.63, 3.8) is 0 Å². The molecule has 3 amide bonds. The molecule has 0 fully saturated rings. The topological polar surface area (TPSA) is 70.7 Å². The number of amides is 3. The lowest BCUT2D eigenvalue weighted by atomic mass is 10.1. The minimum atomic E-state index is -0.187. The number of ether oxygens (including phenoxy) is 1. The Balaban J connectivity index is 1.58. The van der Waals surface area contributed by atoms with Crippen molar-refractivity contribution in [1.29, 1.82) is 0 Å². The van der Waals surface area contributed by atoms with Crippen LogP contribution in [-0.2, 0) is 17.8 Å². The van der Waals surface area contributed by atoms with Crippen molar-refractivity contribution in [2.75, 3.05) is 26.7 Å². The van der Waals surface area contributed by atoms with Gasteiger partial charge in [-0.3, -0.25) is 4.79 Å². The number of carbonyl (C=O) groups excluding carboxylic acids is 2. The normalized spacial score (nSPS) is 10.3. The Kier molecular flexibility index (Phi) is 10.3. The average Bonchev–Trinajstić information content (AvgIpc) is 2.75. The quantitative estimate of drug-likeness (QED) is 0.523. The van der Waals surface area contributed by atoms with Crippen LogP contribution in [0.15, 0.2) is 54.6 Å². The van der Waals surface area contributed by atoms with E-state index in [-0.39, 0.29) is 18.4 Å². The van der Waals surface area contributed by atoms with Crippen molar-refractivity contribution < 1.29 is 14.3 Å². The van der Waals surface area contributed by atoms with Crippen molar-refractivity contribution in [1.82, 2.24) is 15.5 Å². The van der Waals surface area contributed by atoms with Gasteiger partial charge in [-0.2, -0.15) is 0 Å². The number of nitrogens with one attached hydrogen (secondary N) is 2. The zero-order chi connectivity index (χ0) is 21.6. The van der Waals surface area contributed by atoms with Crippen LogP contribution in [0.5, 0.6) is 5.75 Å². The lowest BCUT2D eigenvalue weighted by molar-refractivity contribution is -0.120. The van der Waals surface area contributed by atoms with Crippen molar-refractivity contribution in [2.45, 2.75) is 39.2 Å². The molecule has 2 N–H and O–H groups in total. The Morgan fingerprint density at radius 3 is 2.37 bits per heavy atom. The van der Waals surface area contributed by atoms with Crippen LogP contribution in [0.4, 0.5) is 4.79 Å². The van der Waals surface area contributed by atoms with Gasteiger partial charge in [0, 0.05) is 33.1 Å².